The van der Waals surface area contributed by atoms with E-state index in [9.17, 15) is 23.1 Å². The minimum absolute atomic E-state index is 0.0160. The predicted molar refractivity (Wildman–Crippen MR) is 142 cm³/mol. The number of fused-ring (bicyclic) bond motifs is 2. The van der Waals surface area contributed by atoms with Crippen LogP contribution in [0, 0.1) is 5.92 Å². The largest absolute Gasteiger partial charge is 0.475 e. The molecule has 0 saturated heterocycles. The molecule has 0 amide bonds. The Labute approximate surface area is 226 Å². The second kappa shape index (κ2) is 9.85. The number of benzene rings is 2. The van der Waals surface area contributed by atoms with Gasteiger partial charge in [0.25, 0.3) is 0 Å². The number of carbonyl (C=O) groups is 1. The molecule has 3 heterocycles. The Bertz CT molecular complexity index is 1730. The van der Waals surface area contributed by atoms with Crippen molar-refractivity contribution in [3.05, 3.63) is 71.8 Å². The van der Waals surface area contributed by atoms with Crippen LogP contribution in [0.4, 0.5) is 19.0 Å². The summed E-state index contributed by atoms with van der Waals surface area (Å²) in [5, 5.41) is 13.1. The first-order valence-corrected chi connectivity index (χ1v) is 12.8. The van der Waals surface area contributed by atoms with Gasteiger partial charge in [0.2, 0.25) is 5.82 Å². The average molecular weight is 548 g/mol. The summed E-state index contributed by atoms with van der Waals surface area (Å²) in [4.78, 5) is 33.8. The smallest absolute Gasteiger partial charge is 0.416 e. The highest BCUT2D eigenvalue weighted by molar-refractivity contribution is 5.93. The van der Waals surface area contributed by atoms with Gasteiger partial charge in [-0.2, -0.15) is 13.2 Å². The fourth-order valence-corrected chi connectivity index (χ4v) is 4.96. The zero-order valence-corrected chi connectivity index (χ0v) is 21.4. The molecule has 1 atom stereocenters. The lowest BCUT2D eigenvalue weighted by Crippen LogP contribution is -2.31. The van der Waals surface area contributed by atoms with Crippen molar-refractivity contribution in [1.29, 1.82) is 0 Å². The molecule has 0 bridgehead atoms. The van der Waals surface area contributed by atoms with E-state index >= 15 is 0 Å². The molecule has 1 aliphatic rings. The van der Waals surface area contributed by atoms with E-state index in [1.165, 1.54) is 12.1 Å². The Morgan fingerprint density at radius 1 is 1.05 bits per heavy atom. The number of nitrogens with one attached hydrogen (secondary N) is 1. The second-order valence-electron chi connectivity index (χ2n) is 9.97. The number of imidazole rings is 1. The molecule has 40 heavy (non-hydrogen) atoms. The molecular formula is C28H24F3N7O2. The van der Waals surface area contributed by atoms with E-state index in [0.717, 1.165) is 31.4 Å². The Kier molecular flexibility index (Phi) is 6.32. The second-order valence-corrected chi connectivity index (χ2v) is 9.97. The van der Waals surface area contributed by atoms with Crippen molar-refractivity contribution in [3.8, 4) is 11.4 Å². The topological polar surface area (TPSA) is 119 Å². The van der Waals surface area contributed by atoms with E-state index in [1.54, 1.807) is 23.0 Å². The molecule has 9 nitrogen and oxygen atoms in total. The van der Waals surface area contributed by atoms with Gasteiger partial charge in [0.05, 0.1) is 16.6 Å². The maximum Gasteiger partial charge on any atom is 0.416 e. The predicted octanol–water partition coefficient (Wildman–Crippen LogP) is 5.80. The number of hydrogen-bond acceptors (Lipinski definition) is 7. The fraction of sp³-hybridized carbons (Fsp3) is 0.286. The number of anilines is 1. The zero-order valence-electron chi connectivity index (χ0n) is 21.4. The first kappa shape index (κ1) is 25.7. The first-order chi connectivity index (χ1) is 19.2. The summed E-state index contributed by atoms with van der Waals surface area (Å²) in [6.45, 7) is 2.17. The number of nitrogens with zero attached hydrogens (tertiary/aromatic N) is 6. The normalized spacial score (nSPS) is 14.8. The Morgan fingerprint density at radius 2 is 1.77 bits per heavy atom. The monoisotopic (exact) mass is 547 g/mol. The van der Waals surface area contributed by atoms with Gasteiger partial charge in [-0.15, -0.1) is 0 Å². The van der Waals surface area contributed by atoms with E-state index in [0.29, 0.717) is 45.2 Å². The molecule has 12 heteroatoms. The van der Waals surface area contributed by atoms with Crippen molar-refractivity contribution in [2.75, 3.05) is 5.32 Å². The third-order valence-corrected chi connectivity index (χ3v) is 7.37. The SMILES string of the molecule is C[C@@H](Nc1nc(C(=O)O)nc2nc(-c3ccc4nccnc4c3)n(Cc3ccc(C(F)(F)F)cc3)c12)C1CCC1. The van der Waals surface area contributed by atoms with Crippen LogP contribution in [0.15, 0.2) is 54.9 Å². The Hall–Kier alpha value is -4.61. The first-order valence-electron chi connectivity index (χ1n) is 12.8. The molecule has 2 aromatic carbocycles. The van der Waals surface area contributed by atoms with Gasteiger partial charge in [-0.05, 0) is 61.6 Å². The van der Waals surface area contributed by atoms with Crippen LogP contribution in [0.1, 0.15) is 47.9 Å². The van der Waals surface area contributed by atoms with Crippen molar-refractivity contribution in [1.82, 2.24) is 29.5 Å². The van der Waals surface area contributed by atoms with Crippen LogP contribution in [-0.2, 0) is 12.7 Å². The number of carboxylic acid groups (broad SMARTS) is 1. The summed E-state index contributed by atoms with van der Waals surface area (Å²) >= 11 is 0. The molecule has 204 valence electrons. The van der Waals surface area contributed by atoms with Gasteiger partial charge in [-0.3, -0.25) is 9.97 Å². The summed E-state index contributed by atoms with van der Waals surface area (Å²) in [5.74, 6) is -0.512. The number of hydrogen-bond donors (Lipinski definition) is 2. The zero-order chi connectivity index (χ0) is 28.0. The highest BCUT2D eigenvalue weighted by Gasteiger charge is 2.30. The number of aromatic nitrogens is 6. The molecule has 6 rings (SSSR count). The number of alkyl halides is 3. The molecule has 1 saturated carbocycles. The standard InChI is InChI=1S/C28H24F3N7O2/c1-15(17-3-2-4-17)34-23-22-24(36-25(35-23)27(39)40)37-26(18-7-10-20-21(13-18)33-12-11-32-20)38(22)14-16-5-8-19(9-6-16)28(29,30)31/h5-13,15,17H,2-4,14H2,1H3,(H,39,40)(H,34,35,36)/t15-/m1/s1. The lowest BCUT2D eigenvalue weighted by atomic mass is 9.80. The molecular weight excluding hydrogens is 523 g/mol. The molecule has 0 radical (unpaired) electrons. The minimum Gasteiger partial charge on any atom is -0.475 e. The average Bonchev–Trinajstić information content (AvgIpc) is 3.25. The number of halogens is 3. The third kappa shape index (κ3) is 4.80. The maximum atomic E-state index is 13.2. The minimum atomic E-state index is -4.45. The van der Waals surface area contributed by atoms with E-state index in [-0.39, 0.29) is 18.2 Å². The van der Waals surface area contributed by atoms with Crippen LogP contribution in [0.2, 0.25) is 0 Å². The van der Waals surface area contributed by atoms with Crippen molar-refractivity contribution in [3.63, 3.8) is 0 Å². The summed E-state index contributed by atoms with van der Waals surface area (Å²) < 4.78 is 41.4. The molecule has 2 N–H and O–H groups in total. The van der Waals surface area contributed by atoms with Gasteiger partial charge in [0.15, 0.2) is 11.5 Å². The molecule has 1 aliphatic carbocycles. The molecule has 0 spiro atoms. The lowest BCUT2D eigenvalue weighted by Gasteiger charge is -2.32. The van der Waals surface area contributed by atoms with Gasteiger partial charge >= 0.3 is 12.1 Å². The Morgan fingerprint density at radius 3 is 2.42 bits per heavy atom. The van der Waals surface area contributed by atoms with Gasteiger partial charge in [0.1, 0.15) is 11.3 Å². The van der Waals surface area contributed by atoms with Gasteiger partial charge in [0, 0.05) is 30.5 Å². The summed E-state index contributed by atoms with van der Waals surface area (Å²) in [5.41, 5.74) is 2.44. The molecule has 5 aromatic rings. The summed E-state index contributed by atoms with van der Waals surface area (Å²) in [6, 6.07) is 10.3. The molecule has 0 unspecified atom stereocenters. The summed E-state index contributed by atoms with van der Waals surface area (Å²) in [6.07, 6.45) is 1.97. The van der Waals surface area contributed by atoms with Crippen LogP contribution >= 0.6 is 0 Å². The number of carboxylic acids is 1. The number of rotatable bonds is 7. The number of aromatic carboxylic acids is 1. The molecule has 1 fully saturated rings. The maximum absolute atomic E-state index is 13.2. The quantitative estimate of drug-likeness (QED) is 0.262. The van der Waals surface area contributed by atoms with Crippen LogP contribution in [-0.4, -0.2) is 46.6 Å². The van der Waals surface area contributed by atoms with Crippen LogP contribution in [0.25, 0.3) is 33.6 Å². The highest BCUT2D eigenvalue weighted by Crippen LogP contribution is 2.35. The third-order valence-electron chi connectivity index (χ3n) is 7.37. The van der Waals surface area contributed by atoms with Gasteiger partial charge in [-0.1, -0.05) is 18.6 Å². The lowest BCUT2D eigenvalue weighted by molar-refractivity contribution is -0.137. The van der Waals surface area contributed by atoms with E-state index in [4.69, 9.17) is 4.98 Å². The van der Waals surface area contributed by atoms with Crippen LogP contribution in [0.3, 0.4) is 0 Å². The fourth-order valence-electron chi connectivity index (χ4n) is 4.96. The van der Waals surface area contributed by atoms with Crippen molar-refractivity contribution < 1.29 is 23.1 Å². The van der Waals surface area contributed by atoms with Crippen LogP contribution < -0.4 is 5.32 Å². The Balaban J connectivity index is 1.54. The van der Waals surface area contributed by atoms with Gasteiger partial charge in [-0.25, -0.2) is 19.7 Å². The molecule has 0 aliphatic heterocycles. The van der Waals surface area contributed by atoms with Crippen molar-refractivity contribution in [2.45, 2.75) is 44.9 Å². The van der Waals surface area contributed by atoms with E-state index in [1.807, 2.05) is 19.1 Å². The van der Waals surface area contributed by atoms with Crippen LogP contribution in [0.5, 0.6) is 0 Å². The van der Waals surface area contributed by atoms with Gasteiger partial charge < -0.3 is 15.0 Å². The van der Waals surface area contributed by atoms with E-state index < -0.39 is 23.5 Å². The highest BCUT2D eigenvalue weighted by atomic mass is 19.4. The van der Waals surface area contributed by atoms with E-state index in [2.05, 4.69) is 25.3 Å². The van der Waals surface area contributed by atoms with Crippen molar-refractivity contribution in [2.24, 2.45) is 5.92 Å². The van der Waals surface area contributed by atoms with Crippen molar-refractivity contribution >= 4 is 34.0 Å². The molecule has 3 aromatic heterocycles. The summed E-state index contributed by atoms with van der Waals surface area (Å²) in [7, 11) is 0.